The van der Waals surface area contributed by atoms with Crippen molar-refractivity contribution in [2.24, 2.45) is 0 Å². The quantitative estimate of drug-likeness (QED) is 0.782. The van der Waals surface area contributed by atoms with Crippen LogP contribution in [0.2, 0.25) is 0 Å². The fourth-order valence-electron chi connectivity index (χ4n) is 2.16. The lowest BCUT2D eigenvalue weighted by molar-refractivity contribution is 0.672. The Morgan fingerprint density at radius 3 is 2.80 bits per heavy atom. The first kappa shape index (κ1) is 8.64. The molecule has 0 atom stereocenters. The Morgan fingerprint density at radius 1 is 1.20 bits per heavy atom. The van der Waals surface area contributed by atoms with Crippen LogP contribution in [0, 0.1) is 0 Å². The molecular formula is C10H13N5. The van der Waals surface area contributed by atoms with Crippen LogP contribution in [0.3, 0.4) is 0 Å². The summed E-state index contributed by atoms with van der Waals surface area (Å²) in [5.41, 5.74) is 0.871. The van der Waals surface area contributed by atoms with Gasteiger partial charge in [0.2, 0.25) is 0 Å². The first-order chi connectivity index (χ1) is 7.43. The van der Waals surface area contributed by atoms with Crippen molar-refractivity contribution in [3.05, 3.63) is 18.1 Å². The van der Waals surface area contributed by atoms with E-state index in [0.717, 1.165) is 17.3 Å². The highest BCUT2D eigenvalue weighted by Gasteiger charge is 2.20. The van der Waals surface area contributed by atoms with E-state index < -0.39 is 0 Å². The molecule has 0 saturated heterocycles. The maximum absolute atomic E-state index is 4.50. The molecule has 1 fully saturated rings. The molecule has 1 aliphatic carbocycles. The molecule has 2 aromatic heterocycles. The van der Waals surface area contributed by atoms with Crippen molar-refractivity contribution in [3.8, 4) is 11.5 Å². The molecule has 78 valence electrons. The van der Waals surface area contributed by atoms with Gasteiger partial charge in [-0.25, -0.2) is 4.98 Å². The van der Waals surface area contributed by atoms with E-state index in [4.69, 9.17) is 0 Å². The highest BCUT2D eigenvalue weighted by molar-refractivity contribution is 5.46. The molecule has 2 N–H and O–H groups in total. The van der Waals surface area contributed by atoms with Gasteiger partial charge in [0, 0.05) is 12.1 Å². The van der Waals surface area contributed by atoms with Crippen molar-refractivity contribution < 1.29 is 0 Å². The van der Waals surface area contributed by atoms with E-state index >= 15 is 0 Å². The Labute approximate surface area is 87.3 Å². The second-order valence-corrected chi connectivity index (χ2v) is 4.00. The molecule has 0 unspecified atom stereocenters. The third-order valence-corrected chi connectivity index (χ3v) is 2.99. The molecule has 0 bridgehead atoms. The van der Waals surface area contributed by atoms with Crippen LogP contribution >= 0.6 is 0 Å². The van der Waals surface area contributed by atoms with E-state index in [1.807, 2.05) is 6.07 Å². The van der Waals surface area contributed by atoms with Crippen LogP contribution in [-0.4, -0.2) is 25.4 Å². The minimum Gasteiger partial charge on any atom is -0.275 e. The number of nitrogens with one attached hydrogen (secondary N) is 2. The summed E-state index contributed by atoms with van der Waals surface area (Å²) in [4.78, 5) is 4.50. The summed E-state index contributed by atoms with van der Waals surface area (Å²) in [6.07, 6.45) is 6.80. The number of hydrogen-bond acceptors (Lipinski definition) is 3. The van der Waals surface area contributed by atoms with Gasteiger partial charge in [0.1, 0.15) is 11.5 Å². The molecule has 0 radical (unpaired) electrons. The average molecular weight is 203 g/mol. The van der Waals surface area contributed by atoms with Crippen molar-refractivity contribution in [2.45, 2.75) is 31.6 Å². The summed E-state index contributed by atoms with van der Waals surface area (Å²) >= 11 is 0. The molecule has 1 aliphatic rings. The second kappa shape index (κ2) is 3.49. The third kappa shape index (κ3) is 1.54. The predicted molar refractivity (Wildman–Crippen MR) is 55.2 cm³/mol. The average Bonchev–Trinajstić information content (AvgIpc) is 3.02. The molecule has 15 heavy (non-hydrogen) atoms. The van der Waals surface area contributed by atoms with Crippen LogP contribution in [-0.2, 0) is 0 Å². The lowest BCUT2D eigenvalue weighted by Gasteiger charge is -2.01. The van der Waals surface area contributed by atoms with Crippen molar-refractivity contribution in [3.63, 3.8) is 0 Å². The molecule has 0 spiro atoms. The van der Waals surface area contributed by atoms with Crippen LogP contribution in [0.15, 0.2) is 12.3 Å². The number of aromatic amines is 2. The summed E-state index contributed by atoms with van der Waals surface area (Å²) in [6, 6.07) is 1.88. The molecule has 5 heteroatoms. The van der Waals surface area contributed by atoms with E-state index in [2.05, 4.69) is 25.4 Å². The van der Waals surface area contributed by atoms with Gasteiger partial charge in [0.25, 0.3) is 0 Å². The Bertz CT molecular complexity index is 424. The second-order valence-electron chi connectivity index (χ2n) is 4.00. The zero-order chi connectivity index (χ0) is 10.1. The van der Waals surface area contributed by atoms with Gasteiger partial charge in [-0.05, 0) is 18.9 Å². The summed E-state index contributed by atoms with van der Waals surface area (Å²) in [7, 11) is 0. The van der Waals surface area contributed by atoms with E-state index in [9.17, 15) is 0 Å². The summed E-state index contributed by atoms with van der Waals surface area (Å²) in [6.45, 7) is 0. The van der Waals surface area contributed by atoms with Crippen molar-refractivity contribution >= 4 is 0 Å². The molecular weight excluding hydrogens is 190 g/mol. The monoisotopic (exact) mass is 203 g/mol. The van der Waals surface area contributed by atoms with Crippen molar-refractivity contribution in [2.75, 3.05) is 0 Å². The maximum Gasteiger partial charge on any atom is 0.199 e. The molecule has 5 nitrogen and oxygen atoms in total. The van der Waals surface area contributed by atoms with Gasteiger partial charge in [0.05, 0.1) is 0 Å². The molecule has 2 heterocycles. The number of rotatable bonds is 2. The Kier molecular flexibility index (Phi) is 2.01. The molecule has 0 amide bonds. The lowest BCUT2D eigenvalue weighted by Crippen LogP contribution is -1.94. The predicted octanol–water partition coefficient (Wildman–Crippen LogP) is 1.85. The lowest BCUT2D eigenvalue weighted by atomic mass is 10.1. The van der Waals surface area contributed by atoms with Crippen molar-refractivity contribution in [1.82, 2.24) is 25.4 Å². The number of H-pyrrole nitrogens is 2. The Hall–Kier alpha value is -1.65. The maximum atomic E-state index is 4.50. The largest absolute Gasteiger partial charge is 0.275 e. The van der Waals surface area contributed by atoms with Crippen LogP contribution in [0.1, 0.15) is 37.4 Å². The van der Waals surface area contributed by atoms with Crippen molar-refractivity contribution in [1.29, 1.82) is 0 Å². The molecule has 0 aromatic carbocycles. The fourth-order valence-corrected chi connectivity index (χ4v) is 2.16. The highest BCUT2D eigenvalue weighted by atomic mass is 15.2. The molecule has 2 aromatic rings. The Balaban J connectivity index is 1.87. The first-order valence-corrected chi connectivity index (χ1v) is 5.35. The normalized spacial score (nSPS) is 17.3. The van der Waals surface area contributed by atoms with Crippen LogP contribution < -0.4 is 0 Å². The number of aromatic nitrogens is 5. The SMILES string of the molecule is c1cc(-c2n[nH]c(C3CCCC3)n2)[nH]n1. The van der Waals surface area contributed by atoms with Crippen LogP contribution in [0.4, 0.5) is 0 Å². The smallest absolute Gasteiger partial charge is 0.199 e. The van der Waals surface area contributed by atoms with Gasteiger partial charge < -0.3 is 0 Å². The van der Waals surface area contributed by atoms with Gasteiger partial charge in [-0.15, -0.1) is 0 Å². The van der Waals surface area contributed by atoms with Gasteiger partial charge in [0.15, 0.2) is 5.82 Å². The zero-order valence-electron chi connectivity index (χ0n) is 8.40. The summed E-state index contributed by atoms with van der Waals surface area (Å²) in [5.74, 6) is 2.32. The standard InChI is InChI=1S/C10H13N5/c1-2-4-7(3-1)9-12-10(15-14-9)8-5-6-11-13-8/h5-7H,1-4H2,(H,11,13)(H,12,14,15). The van der Waals surface area contributed by atoms with E-state index in [-0.39, 0.29) is 0 Å². The first-order valence-electron chi connectivity index (χ1n) is 5.35. The minimum atomic E-state index is 0.578. The van der Waals surface area contributed by atoms with Crippen LogP contribution in [0.5, 0.6) is 0 Å². The van der Waals surface area contributed by atoms with E-state index in [1.54, 1.807) is 6.20 Å². The Morgan fingerprint density at radius 2 is 2.07 bits per heavy atom. The van der Waals surface area contributed by atoms with Gasteiger partial charge >= 0.3 is 0 Å². The zero-order valence-corrected chi connectivity index (χ0v) is 8.40. The van der Waals surface area contributed by atoms with Gasteiger partial charge in [-0.1, -0.05) is 12.8 Å². The minimum absolute atomic E-state index is 0.578. The highest BCUT2D eigenvalue weighted by Crippen LogP contribution is 2.32. The molecule has 3 rings (SSSR count). The molecule has 1 saturated carbocycles. The van der Waals surface area contributed by atoms with Crippen LogP contribution in [0.25, 0.3) is 11.5 Å². The summed E-state index contributed by atoms with van der Waals surface area (Å²) < 4.78 is 0. The van der Waals surface area contributed by atoms with E-state index in [1.165, 1.54) is 25.7 Å². The summed E-state index contributed by atoms with van der Waals surface area (Å²) in [5, 5.41) is 14.0. The molecule has 0 aliphatic heterocycles. The van der Waals surface area contributed by atoms with Gasteiger partial charge in [-0.3, -0.25) is 10.2 Å². The number of nitrogens with zero attached hydrogens (tertiary/aromatic N) is 3. The third-order valence-electron chi connectivity index (χ3n) is 2.99. The fraction of sp³-hybridized carbons (Fsp3) is 0.500. The van der Waals surface area contributed by atoms with Gasteiger partial charge in [-0.2, -0.15) is 10.2 Å². The van der Waals surface area contributed by atoms with E-state index in [0.29, 0.717) is 5.92 Å². The number of hydrogen-bond donors (Lipinski definition) is 2. The topological polar surface area (TPSA) is 70.2 Å².